The lowest BCUT2D eigenvalue weighted by Crippen LogP contribution is -2.33. The van der Waals surface area contributed by atoms with Gasteiger partial charge in [0.2, 0.25) is 15.9 Å². The maximum atomic E-state index is 13.1. The van der Waals surface area contributed by atoms with Gasteiger partial charge in [-0.05, 0) is 69.9 Å². The highest BCUT2D eigenvalue weighted by Crippen LogP contribution is 2.34. The van der Waals surface area contributed by atoms with Crippen molar-refractivity contribution < 1.29 is 13.2 Å². The van der Waals surface area contributed by atoms with Gasteiger partial charge in [0.15, 0.2) is 0 Å². The Kier molecular flexibility index (Phi) is 5.87. The summed E-state index contributed by atoms with van der Waals surface area (Å²) in [5.41, 5.74) is 4.86. The van der Waals surface area contributed by atoms with Gasteiger partial charge in [0.05, 0.1) is 10.6 Å². The number of nitrogens with zero attached hydrogens (tertiary/aromatic N) is 4. The number of benzene rings is 1. The number of carbonyl (C=O) groups is 1. The number of aromatic nitrogens is 2. The number of hydrogen-bond donors (Lipinski definition) is 0. The maximum absolute atomic E-state index is 13.1. The molecule has 0 saturated heterocycles. The lowest BCUT2D eigenvalue weighted by Gasteiger charge is -2.21. The maximum Gasteiger partial charge on any atom is 0.242 e. The first-order valence-corrected chi connectivity index (χ1v) is 11.4. The van der Waals surface area contributed by atoms with Crippen LogP contribution in [0.4, 0.5) is 5.69 Å². The number of fused-ring (bicyclic) bond motifs is 1. The molecule has 1 aromatic heterocycles. The third-order valence-corrected chi connectivity index (χ3v) is 7.67. The van der Waals surface area contributed by atoms with Gasteiger partial charge < -0.3 is 4.90 Å². The van der Waals surface area contributed by atoms with E-state index in [0.717, 1.165) is 34.7 Å². The van der Waals surface area contributed by atoms with Crippen LogP contribution in [-0.2, 0) is 34.2 Å². The van der Waals surface area contributed by atoms with Crippen LogP contribution in [0.3, 0.4) is 0 Å². The Hall–Kier alpha value is -2.19. The number of sulfonamides is 1. The molecule has 3 rings (SSSR count). The van der Waals surface area contributed by atoms with Gasteiger partial charge >= 0.3 is 0 Å². The van der Waals surface area contributed by atoms with Gasteiger partial charge in [-0.2, -0.15) is 5.10 Å². The number of rotatable bonds is 6. The molecule has 0 N–H and O–H groups in total. The molecule has 0 saturated carbocycles. The van der Waals surface area contributed by atoms with Gasteiger partial charge in [-0.3, -0.25) is 9.48 Å². The quantitative estimate of drug-likeness (QED) is 0.723. The molecule has 0 spiro atoms. The molecule has 1 atom stereocenters. The van der Waals surface area contributed by atoms with Gasteiger partial charge in [-0.25, -0.2) is 12.7 Å². The Morgan fingerprint density at radius 3 is 2.59 bits per heavy atom. The molecule has 1 aromatic carbocycles. The lowest BCUT2D eigenvalue weighted by molar-refractivity contribution is -0.116. The Labute approximate surface area is 173 Å². The van der Waals surface area contributed by atoms with Crippen LogP contribution in [0.5, 0.6) is 0 Å². The second-order valence-electron chi connectivity index (χ2n) is 7.77. The number of hydrogen-bond acceptors (Lipinski definition) is 4. The third kappa shape index (κ3) is 3.83. The number of aryl methyl sites for hydroxylation is 2. The summed E-state index contributed by atoms with van der Waals surface area (Å²) in [5.74, 6) is -0.0256. The summed E-state index contributed by atoms with van der Waals surface area (Å²) in [6, 6.07) is 5.11. The van der Waals surface area contributed by atoms with E-state index in [1.807, 2.05) is 32.4 Å². The number of likely N-dealkylation sites (N-methyl/N-ethyl adjacent to an activating group) is 1. The van der Waals surface area contributed by atoms with Crippen LogP contribution in [0.2, 0.25) is 0 Å². The SMILES string of the molecule is CCn1nc(C)c(CCN(C)S(=O)(=O)c2ccc3c(c2)C[C@@H](C)N3C(C)=O)c1C. The molecule has 0 bridgehead atoms. The van der Waals surface area contributed by atoms with Crippen LogP contribution >= 0.6 is 0 Å². The van der Waals surface area contributed by atoms with Crippen LogP contribution in [0.15, 0.2) is 23.1 Å². The number of carbonyl (C=O) groups excluding carboxylic acids is 1. The molecule has 2 heterocycles. The average molecular weight is 419 g/mol. The molecule has 8 heteroatoms. The molecule has 1 aliphatic rings. The minimum atomic E-state index is -3.61. The van der Waals surface area contributed by atoms with Gasteiger partial charge in [0.1, 0.15) is 0 Å². The van der Waals surface area contributed by atoms with E-state index in [1.165, 1.54) is 11.2 Å². The van der Waals surface area contributed by atoms with E-state index >= 15 is 0 Å². The van der Waals surface area contributed by atoms with Gasteiger partial charge in [0.25, 0.3) is 0 Å². The third-order valence-electron chi connectivity index (χ3n) is 5.82. The Morgan fingerprint density at radius 2 is 2.00 bits per heavy atom. The van der Waals surface area contributed by atoms with E-state index in [-0.39, 0.29) is 16.8 Å². The number of amides is 1. The summed E-state index contributed by atoms with van der Waals surface area (Å²) in [7, 11) is -1.99. The fourth-order valence-electron chi connectivity index (χ4n) is 4.22. The largest absolute Gasteiger partial charge is 0.309 e. The second-order valence-corrected chi connectivity index (χ2v) is 9.82. The Morgan fingerprint density at radius 1 is 1.31 bits per heavy atom. The van der Waals surface area contributed by atoms with Gasteiger partial charge in [-0.1, -0.05) is 0 Å². The molecule has 0 radical (unpaired) electrons. The van der Waals surface area contributed by atoms with E-state index in [0.29, 0.717) is 19.4 Å². The number of anilines is 1. The van der Waals surface area contributed by atoms with Crippen molar-refractivity contribution >= 4 is 21.6 Å². The topological polar surface area (TPSA) is 75.5 Å². The summed E-state index contributed by atoms with van der Waals surface area (Å²) >= 11 is 0. The zero-order valence-corrected chi connectivity index (χ0v) is 18.9. The highest BCUT2D eigenvalue weighted by Gasteiger charge is 2.31. The van der Waals surface area contributed by atoms with Crippen molar-refractivity contribution in [3.63, 3.8) is 0 Å². The van der Waals surface area contributed by atoms with E-state index in [1.54, 1.807) is 30.1 Å². The van der Waals surface area contributed by atoms with E-state index < -0.39 is 10.0 Å². The molecule has 2 aromatic rings. The van der Waals surface area contributed by atoms with E-state index in [9.17, 15) is 13.2 Å². The predicted octanol–water partition coefficient (Wildman–Crippen LogP) is 2.68. The van der Waals surface area contributed by atoms with Crippen molar-refractivity contribution in [3.8, 4) is 0 Å². The first kappa shape index (κ1) is 21.5. The van der Waals surface area contributed by atoms with Crippen molar-refractivity contribution in [2.45, 2.75) is 64.9 Å². The molecule has 1 amide bonds. The van der Waals surface area contributed by atoms with Crippen molar-refractivity contribution in [2.75, 3.05) is 18.5 Å². The summed E-state index contributed by atoms with van der Waals surface area (Å²) in [6.07, 6.45) is 1.28. The molecule has 7 nitrogen and oxygen atoms in total. The van der Waals surface area contributed by atoms with E-state index in [2.05, 4.69) is 5.10 Å². The van der Waals surface area contributed by atoms with Crippen LogP contribution in [-0.4, -0.2) is 48.0 Å². The smallest absolute Gasteiger partial charge is 0.242 e. The molecular weight excluding hydrogens is 388 g/mol. The molecule has 1 aliphatic heterocycles. The highest BCUT2D eigenvalue weighted by atomic mass is 32.2. The molecular formula is C21H30N4O3S. The molecule has 0 unspecified atom stereocenters. The minimum absolute atomic E-state index is 0.0256. The Bertz CT molecular complexity index is 1040. The first-order valence-electron chi connectivity index (χ1n) is 9.99. The second kappa shape index (κ2) is 7.91. The van der Waals surface area contributed by atoms with Gasteiger partial charge in [0, 0.05) is 44.5 Å². The summed E-state index contributed by atoms with van der Waals surface area (Å²) in [5, 5.41) is 4.51. The summed E-state index contributed by atoms with van der Waals surface area (Å²) in [4.78, 5) is 13.9. The standard InChI is InChI=1S/C21H30N4O3S/c1-7-24-16(4)20(15(3)22-24)10-11-23(6)29(27,28)19-8-9-21-18(13-19)12-14(2)25(21)17(5)26/h8-9,13-14H,7,10-12H2,1-6H3/t14-/m1/s1. The van der Waals surface area contributed by atoms with Crippen molar-refractivity contribution in [1.29, 1.82) is 0 Å². The average Bonchev–Trinajstić information content (AvgIpc) is 3.13. The fourth-order valence-corrected chi connectivity index (χ4v) is 5.44. The van der Waals surface area contributed by atoms with Crippen molar-refractivity contribution in [2.24, 2.45) is 0 Å². The first-order chi connectivity index (χ1) is 13.6. The lowest BCUT2D eigenvalue weighted by atomic mass is 10.1. The summed E-state index contributed by atoms with van der Waals surface area (Å²) < 4.78 is 29.6. The minimum Gasteiger partial charge on any atom is -0.309 e. The van der Waals surface area contributed by atoms with E-state index in [4.69, 9.17) is 0 Å². The zero-order chi connectivity index (χ0) is 21.5. The van der Waals surface area contributed by atoms with Crippen LogP contribution < -0.4 is 4.90 Å². The van der Waals surface area contributed by atoms with Crippen LogP contribution in [0.25, 0.3) is 0 Å². The van der Waals surface area contributed by atoms with Crippen LogP contribution in [0.1, 0.15) is 43.3 Å². The molecule has 0 fully saturated rings. The summed E-state index contributed by atoms with van der Waals surface area (Å²) in [6.45, 7) is 10.7. The van der Waals surface area contributed by atoms with Gasteiger partial charge in [-0.15, -0.1) is 0 Å². The van der Waals surface area contributed by atoms with Crippen LogP contribution in [0, 0.1) is 13.8 Å². The normalized spacial score (nSPS) is 16.5. The highest BCUT2D eigenvalue weighted by molar-refractivity contribution is 7.89. The predicted molar refractivity (Wildman–Crippen MR) is 114 cm³/mol. The molecule has 29 heavy (non-hydrogen) atoms. The Balaban J connectivity index is 1.80. The zero-order valence-electron chi connectivity index (χ0n) is 18.1. The van der Waals surface area contributed by atoms with Crippen molar-refractivity contribution in [1.82, 2.24) is 14.1 Å². The monoisotopic (exact) mass is 418 g/mol. The van der Waals surface area contributed by atoms with Crippen molar-refractivity contribution in [3.05, 3.63) is 40.7 Å². The fraction of sp³-hybridized carbons (Fsp3) is 0.524. The molecule has 158 valence electrons. The molecule has 0 aliphatic carbocycles.